The van der Waals surface area contributed by atoms with E-state index in [1.165, 1.54) is 18.0 Å². The molecule has 144 valence electrons. The van der Waals surface area contributed by atoms with E-state index < -0.39 is 5.95 Å². The molecule has 1 atom stereocenters. The molecule has 0 aromatic carbocycles. The first-order valence-electron chi connectivity index (χ1n) is 9.65. The minimum Gasteiger partial charge on any atom is -0.338 e. The smallest absolute Gasteiger partial charge is 0.254 e. The molecule has 2 aliphatic heterocycles. The first kappa shape index (κ1) is 18.1. The number of likely N-dealkylation sites (tertiary alicyclic amines) is 2. The minimum absolute atomic E-state index is 0.0841. The fourth-order valence-corrected chi connectivity index (χ4v) is 4.66. The van der Waals surface area contributed by atoms with Crippen LogP contribution in [0.3, 0.4) is 0 Å². The third-order valence-corrected chi connectivity index (χ3v) is 5.97. The van der Waals surface area contributed by atoms with Crippen molar-refractivity contribution in [2.24, 2.45) is 12.5 Å². The average molecular weight is 371 g/mol. The zero-order valence-electron chi connectivity index (χ0n) is 15.8. The summed E-state index contributed by atoms with van der Waals surface area (Å²) in [6, 6.07) is 4.90. The van der Waals surface area contributed by atoms with Crippen LogP contribution < -0.4 is 0 Å². The molecule has 0 N–H and O–H groups in total. The number of amides is 1. The third kappa shape index (κ3) is 3.88. The fourth-order valence-electron chi connectivity index (χ4n) is 4.66. The summed E-state index contributed by atoms with van der Waals surface area (Å²) in [5, 5.41) is 4.26. The Balaban J connectivity index is 1.46. The van der Waals surface area contributed by atoms with Crippen LogP contribution in [0.25, 0.3) is 0 Å². The molecule has 0 saturated carbocycles. The number of pyridine rings is 1. The van der Waals surface area contributed by atoms with E-state index in [4.69, 9.17) is 0 Å². The van der Waals surface area contributed by atoms with E-state index in [9.17, 15) is 9.18 Å². The van der Waals surface area contributed by atoms with Gasteiger partial charge in [0.1, 0.15) is 0 Å². The lowest BCUT2D eigenvalue weighted by molar-refractivity contribution is 0.0107. The summed E-state index contributed by atoms with van der Waals surface area (Å²) in [5.74, 6) is -0.688. The summed E-state index contributed by atoms with van der Waals surface area (Å²) < 4.78 is 15.3. The molecule has 4 rings (SSSR count). The molecule has 1 spiro atoms. The first-order chi connectivity index (χ1) is 13.0. The molecule has 6 nitrogen and oxygen atoms in total. The number of carbonyl (C=O) groups is 1. The van der Waals surface area contributed by atoms with Gasteiger partial charge in [0.15, 0.2) is 0 Å². The lowest BCUT2D eigenvalue weighted by atomic mass is 9.73. The maximum atomic E-state index is 13.4. The summed E-state index contributed by atoms with van der Waals surface area (Å²) >= 11 is 0. The number of hydrogen-bond donors (Lipinski definition) is 0. The normalized spacial score (nSPS) is 23.7. The van der Waals surface area contributed by atoms with Gasteiger partial charge in [-0.05, 0) is 44.4 Å². The molecule has 2 aliphatic rings. The van der Waals surface area contributed by atoms with E-state index in [2.05, 4.69) is 21.0 Å². The van der Waals surface area contributed by atoms with Crippen LogP contribution in [0, 0.1) is 11.4 Å². The number of carbonyl (C=O) groups excluding carboxylic acids is 1. The largest absolute Gasteiger partial charge is 0.338 e. The minimum atomic E-state index is -0.604. The Morgan fingerprint density at radius 2 is 2.00 bits per heavy atom. The van der Waals surface area contributed by atoms with E-state index in [-0.39, 0.29) is 11.3 Å². The lowest BCUT2D eigenvalue weighted by Crippen LogP contribution is -2.53. The lowest BCUT2D eigenvalue weighted by Gasteiger charge is -2.48. The van der Waals surface area contributed by atoms with Gasteiger partial charge in [0.25, 0.3) is 5.91 Å². The van der Waals surface area contributed by atoms with Crippen LogP contribution in [0.15, 0.2) is 30.6 Å². The number of halogens is 1. The van der Waals surface area contributed by atoms with E-state index >= 15 is 0 Å². The van der Waals surface area contributed by atoms with Crippen molar-refractivity contribution in [3.05, 3.63) is 47.8 Å². The highest BCUT2D eigenvalue weighted by Crippen LogP contribution is 2.39. The van der Waals surface area contributed by atoms with Crippen LogP contribution in [0.4, 0.5) is 4.39 Å². The summed E-state index contributed by atoms with van der Waals surface area (Å²) in [6.45, 7) is 4.45. The van der Waals surface area contributed by atoms with Crippen molar-refractivity contribution >= 4 is 5.91 Å². The molecule has 2 fully saturated rings. The number of rotatable bonds is 3. The molecule has 0 radical (unpaired) electrons. The van der Waals surface area contributed by atoms with Crippen LogP contribution >= 0.6 is 0 Å². The zero-order chi connectivity index (χ0) is 18.9. The Bertz CT molecular complexity index is 818. The van der Waals surface area contributed by atoms with Crippen LogP contribution in [0.5, 0.6) is 0 Å². The summed E-state index contributed by atoms with van der Waals surface area (Å²) in [5.41, 5.74) is 1.74. The maximum absolute atomic E-state index is 13.4. The molecule has 27 heavy (non-hydrogen) atoms. The number of aryl methyl sites for hydroxylation is 1. The highest BCUT2D eigenvalue weighted by atomic mass is 19.1. The molecule has 0 aliphatic carbocycles. The average Bonchev–Trinajstić information content (AvgIpc) is 3.06. The number of aromatic nitrogens is 3. The highest BCUT2D eigenvalue weighted by Gasteiger charge is 2.40. The highest BCUT2D eigenvalue weighted by molar-refractivity contribution is 5.94. The van der Waals surface area contributed by atoms with Gasteiger partial charge in [-0.3, -0.25) is 14.4 Å². The molecule has 2 aromatic rings. The van der Waals surface area contributed by atoms with Crippen molar-refractivity contribution in [2.45, 2.75) is 32.2 Å². The predicted molar refractivity (Wildman–Crippen MR) is 99.5 cm³/mol. The monoisotopic (exact) mass is 371 g/mol. The SMILES string of the molecule is Cn1nccc1CN1CCCC2(CCCN(C(=O)c3ccnc(F)c3)C2)C1. The molecular weight excluding hydrogens is 345 g/mol. The maximum Gasteiger partial charge on any atom is 0.254 e. The van der Waals surface area contributed by atoms with Crippen LogP contribution in [0.2, 0.25) is 0 Å². The van der Waals surface area contributed by atoms with Crippen LogP contribution in [-0.4, -0.2) is 56.7 Å². The molecule has 7 heteroatoms. The molecule has 0 bridgehead atoms. The number of piperidine rings is 2. The van der Waals surface area contributed by atoms with E-state index in [1.807, 2.05) is 22.8 Å². The standard InChI is InChI=1S/C20H26FN5O/c1-24-17(5-9-23-24)13-25-10-2-6-20(14-25)7-3-11-26(15-20)19(27)16-4-8-22-18(21)12-16/h4-5,8-9,12H,2-3,6-7,10-11,13-15H2,1H3. The van der Waals surface area contributed by atoms with Gasteiger partial charge in [-0.2, -0.15) is 9.49 Å². The third-order valence-electron chi connectivity index (χ3n) is 5.97. The van der Waals surface area contributed by atoms with Crippen molar-refractivity contribution in [3.63, 3.8) is 0 Å². The van der Waals surface area contributed by atoms with Gasteiger partial charge in [0.2, 0.25) is 5.95 Å². The Morgan fingerprint density at radius 3 is 2.74 bits per heavy atom. The Morgan fingerprint density at radius 1 is 1.19 bits per heavy atom. The van der Waals surface area contributed by atoms with Gasteiger partial charge in [0, 0.05) is 62.7 Å². The molecule has 1 unspecified atom stereocenters. The van der Waals surface area contributed by atoms with Crippen LogP contribution in [0.1, 0.15) is 41.7 Å². The van der Waals surface area contributed by atoms with E-state index in [1.54, 1.807) is 6.07 Å². The topological polar surface area (TPSA) is 54.3 Å². The van der Waals surface area contributed by atoms with E-state index in [0.717, 1.165) is 58.4 Å². The van der Waals surface area contributed by atoms with Gasteiger partial charge in [0.05, 0.1) is 5.69 Å². The van der Waals surface area contributed by atoms with Crippen molar-refractivity contribution in [1.29, 1.82) is 0 Å². The molecule has 4 heterocycles. The van der Waals surface area contributed by atoms with Gasteiger partial charge >= 0.3 is 0 Å². The summed E-state index contributed by atoms with van der Waals surface area (Å²) in [4.78, 5) is 20.8. The Kier molecular flexibility index (Phi) is 4.95. The second-order valence-electron chi connectivity index (χ2n) is 7.96. The predicted octanol–water partition coefficient (Wildman–Crippen LogP) is 2.47. The Labute approximate surface area is 159 Å². The quantitative estimate of drug-likeness (QED) is 0.778. The number of nitrogens with zero attached hydrogens (tertiary/aromatic N) is 5. The Hall–Kier alpha value is -2.28. The van der Waals surface area contributed by atoms with Crippen LogP contribution in [-0.2, 0) is 13.6 Å². The van der Waals surface area contributed by atoms with Gasteiger partial charge < -0.3 is 4.90 Å². The second kappa shape index (κ2) is 7.38. The van der Waals surface area contributed by atoms with Crippen molar-refractivity contribution in [2.75, 3.05) is 26.2 Å². The molecule has 2 saturated heterocycles. The summed E-state index contributed by atoms with van der Waals surface area (Å²) in [6.07, 6.45) is 7.62. The van der Waals surface area contributed by atoms with Gasteiger partial charge in [-0.25, -0.2) is 4.98 Å². The first-order valence-corrected chi connectivity index (χ1v) is 9.65. The van der Waals surface area contributed by atoms with Crippen molar-refractivity contribution in [3.8, 4) is 0 Å². The van der Waals surface area contributed by atoms with Gasteiger partial charge in [-0.15, -0.1) is 0 Å². The zero-order valence-corrected chi connectivity index (χ0v) is 15.8. The molecular formula is C20H26FN5O. The number of hydrogen-bond acceptors (Lipinski definition) is 4. The second-order valence-corrected chi connectivity index (χ2v) is 7.96. The molecule has 2 aromatic heterocycles. The molecule has 1 amide bonds. The summed E-state index contributed by atoms with van der Waals surface area (Å²) in [7, 11) is 1.98. The van der Waals surface area contributed by atoms with Crippen molar-refractivity contribution in [1.82, 2.24) is 24.6 Å². The van der Waals surface area contributed by atoms with Gasteiger partial charge in [-0.1, -0.05) is 0 Å². The van der Waals surface area contributed by atoms with E-state index in [0.29, 0.717) is 5.56 Å². The van der Waals surface area contributed by atoms with Crippen molar-refractivity contribution < 1.29 is 9.18 Å². The fraction of sp³-hybridized carbons (Fsp3) is 0.550.